The number of esters is 1. The zero-order valence-electron chi connectivity index (χ0n) is 9.72. The molecular weight excluding hydrogens is 242 g/mol. The maximum Gasteiger partial charge on any atom is 0.348 e. The number of fused-ring (bicyclic) bond motifs is 1. The van der Waals surface area contributed by atoms with E-state index in [1.54, 1.807) is 26.8 Å². The van der Waals surface area contributed by atoms with Gasteiger partial charge < -0.3 is 15.7 Å². The van der Waals surface area contributed by atoms with Crippen molar-refractivity contribution in [1.29, 1.82) is 0 Å². The Balaban J connectivity index is 2.37. The Hall–Kier alpha value is -1.76. The van der Waals surface area contributed by atoms with Crippen molar-refractivity contribution in [3.05, 3.63) is 10.9 Å². The van der Waals surface area contributed by atoms with Gasteiger partial charge in [0.25, 0.3) is 0 Å². The Kier molecular flexibility index (Phi) is 2.50. The van der Waals surface area contributed by atoms with Gasteiger partial charge in [0.05, 0.1) is 5.39 Å². The van der Waals surface area contributed by atoms with E-state index in [-0.39, 0.29) is 5.82 Å². The van der Waals surface area contributed by atoms with Gasteiger partial charge in [-0.1, -0.05) is 4.85 Å². The molecule has 2 aromatic heterocycles. The lowest BCUT2D eigenvalue weighted by Gasteiger charge is -2.18. The average Bonchev–Trinajstić information content (AvgIpc) is 2.67. The fourth-order valence-electron chi connectivity index (χ4n) is 1.34. The molecule has 17 heavy (non-hydrogen) atoms. The van der Waals surface area contributed by atoms with Crippen molar-refractivity contribution in [2.45, 2.75) is 26.4 Å². The van der Waals surface area contributed by atoms with Crippen LogP contribution in [0.4, 0.5) is 5.82 Å². The third-order valence-corrected chi connectivity index (χ3v) is 3.05. The molecule has 0 bridgehead atoms. The van der Waals surface area contributed by atoms with Gasteiger partial charge in [-0.3, -0.25) is 0 Å². The number of nitrogens with two attached hydrogens (primary N) is 1. The highest BCUT2D eigenvalue weighted by atomic mass is 32.1. The van der Waals surface area contributed by atoms with Gasteiger partial charge in [0.1, 0.15) is 10.5 Å². The fraction of sp³-hybridized carbons (Fsp3) is 0.400. The second-order valence-electron chi connectivity index (χ2n) is 4.61. The van der Waals surface area contributed by atoms with E-state index in [1.165, 1.54) is 0 Å². The number of aromatic nitrogens is 2. The second kappa shape index (κ2) is 3.63. The van der Waals surface area contributed by atoms with E-state index in [0.29, 0.717) is 19.9 Å². The second-order valence-corrected chi connectivity index (χ2v) is 5.64. The zero-order valence-corrected chi connectivity index (χ0v) is 10.5. The predicted molar refractivity (Wildman–Crippen MR) is 64.4 cm³/mol. The number of nitrogens with zero attached hydrogens (tertiary/aromatic N) is 2. The summed E-state index contributed by atoms with van der Waals surface area (Å²) in [5.41, 5.74) is 5.03. The minimum atomic E-state index is -0.552. The van der Waals surface area contributed by atoms with Crippen LogP contribution in [0.5, 0.6) is 0 Å². The summed E-state index contributed by atoms with van der Waals surface area (Å²) in [7, 11) is 0. The molecule has 0 fully saturated rings. The Labute approximate surface area is 102 Å². The van der Waals surface area contributed by atoms with Gasteiger partial charge in [-0.15, -0.1) is 16.4 Å². The molecule has 2 aromatic rings. The number of carbonyl (C=O) groups is 1. The summed E-state index contributed by atoms with van der Waals surface area (Å²) in [4.78, 5) is 13.3. The molecular formula is C10H13N3O3S. The number of nitrogen functional groups attached to an aromatic ring is 1. The van der Waals surface area contributed by atoms with E-state index >= 15 is 0 Å². The van der Waals surface area contributed by atoms with E-state index in [9.17, 15) is 10.0 Å². The van der Waals surface area contributed by atoms with Crippen LogP contribution < -0.4 is 5.73 Å². The molecule has 2 heterocycles. The number of carbonyl (C=O) groups excluding carboxylic acids is 1. The number of hydrogen-bond acceptors (Lipinski definition) is 6. The Morgan fingerprint density at radius 3 is 2.76 bits per heavy atom. The third kappa shape index (κ3) is 2.19. The van der Waals surface area contributed by atoms with Gasteiger partial charge in [-0.2, -0.15) is 0 Å². The Bertz CT molecular complexity index is 545. The molecule has 0 unspecified atom stereocenters. The molecule has 2 rings (SSSR count). The average molecular weight is 255 g/mol. The van der Waals surface area contributed by atoms with Crippen molar-refractivity contribution in [2.75, 3.05) is 5.73 Å². The minimum Gasteiger partial charge on any atom is -0.456 e. The maximum absolute atomic E-state index is 11.8. The highest BCUT2D eigenvalue weighted by Crippen LogP contribution is 2.30. The van der Waals surface area contributed by atoms with E-state index in [0.717, 1.165) is 11.3 Å². The third-order valence-electron chi connectivity index (χ3n) is 1.97. The molecule has 0 aromatic carbocycles. The van der Waals surface area contributed by atoms with Crippen molar-refractivity contribution in [1.82, 2.24) is 9.94 Å². The van der Waals surface area contributed by atoms with Crippen LogP contribution in [0.25, 0.3) is 10.2 Å². The van der Waals surface area contributed by atoms with Crippen LogP contribution in [-0.4, -0.2) is 26.7 Å². The summed E-state index contributed by atoms with van der Waals surface area (Å²) in [6.45, 7) is 5.38. The number of anilines is 1. The lowest BCUT2D eigenvalue weighted by Crippen LogP contribution is -2.23. The largest absolute Gasteiger partial charge is 0.456 e. The van der Waals surface area contributed by atoms with Crippen molar-refractivity contribution >= 4 is 33.3 Å². The van der Waals surface area contributed by atoms with Gasteiger partial charge in [0, 0.05) is 0 Å². The number of hydrogen-bond donors (Lipinski definition) is 2. The molecule has 3 N–H and O–H groups in total. The number of ether oxygens (including phenoxy) is 1. The first-order valence-electron chi connectivity index (χ1n) is 4.98. The predicted octanol–water partition coefficient (Wildman–Crippen LogP) is 1.87. The van der Waals surface area contributed by atoms with Gasteiger partial charge in [0.2, 0.25) is 0 Å². The molecule has 0 saturated heterocycles. The van der Waals surface area contributed by atoms with Crippen molar-refractivity contribution in [3.63, 3.8) is 0 Å². The first kappa shape index (κ1) is 11.7. The fourth-order valence-corrected chi connectivity index (χ4v) is 2.25. The van der Waals surface area contributed by atoms with E-state index < -0.39 is 11.6 Å². The van der Waals surface area contributed by atoms with Gasteiger partial charge in [-0.25, -0.2) is 4.79 Å². The molecule has 0 amide bonds. The molecule has 0 atom stereocenters. The SMILES string of the molecule is CC(C)(C)OC(=O)c1cc2c(N)nn(O)c2s1. The monoisotopic (exact) mass is 255 g/mol. The van der Waals surface area contributed by atoms with Crippen molar-refractivity contribution < 1.29 is 14.7 Å². The molecule has 7 heteroatoms. The van der Waals surface area contributed by atoms with Crippen molar-refractivity contribution in [2.24, 2.45) is 0 Å². The lowest BCUT2D eigenvalue weighted by atomic mass is 10.2. The summed E-state index contributed by atoms with van der Waals surface area (Å²) >= 11 is 1.09. The summed E-state index contributed by atoms with van der Waals surface area (Å²) in [5.74, 6) is -0.244. The summed E-state index contributed by atoms with van der Waals surface area (Å²) in [6.07, 6.45) is 0. The molecule has 0 aliphatic heterocycles. The molecule has 92 valence electrons. The normalized spacial score (nSPS) is 11.9. The van der Waals surface area contributed by atoms with Gasteiger partial charge >= 0.3 is 5.97 Å². The lowest BCUT2D eigenvalue weighted by molar-refractivity contribution is 0.00753. The summed E-state index contributed by atoms with van der Waals surface area (Å²) < 4.78 is 5.22. The van der Waals surface area contributed by atoms with Crippen LogP contribution in [0.15, 0.2) is 6.07 Å². The van der Waals surface area contributed by atoms with Crippen LogP contribution in [0.1, 0.15) is 30.4 Å². The molecule has 0 radical (unpaired) electrons. The maximum atomic E-state index is 11.8. The van der Waals surface area contributed by atoms with Crippen molar-refractivity contribution in [3.8, 4) is 0 Å². The first-order chi connectivity index (χ1) is 7.78. The summed E-state index contributed by atoms with van der Waals surface area (Å²) in [6, 6.07) is 1.57. The highest BCUT2D eigenvalue weighted by Gasteiger charge is 2.22. The van der Waals surface area contributed by atoms with E-state index in [2.05, 4.69) is 5.10 Å². The topological polar surface area (TPSA) is 90.4 Å². The molecule has 0 aliphatic rings. The molecule has 6 nitrogen and oxygen atoms in total. The first-order valence-corrected chi connectivity index (χ1v) is 5.80. The van der Waals surface area contributed by atoms with Crippen LogP contribution in [0, 0.1) is 0 Å². The zero-order chi connectivity index (χ0) is 12.8. The Morgan fingerprint density at radius 1 is 1.59 bits per heavy atom. The van der Waals surface area contributed by atoms with E-state index in [4.69, 9.17) is 10.5 Å². The van der Waals surface area contributed by atoms with Crippen LogP contribution in [-0.2, 0) is 4.74 Å². The van der Waals surface area contributed by atoms with Gasteiger partial charge in [0.15, 0.2) is 10.6 Å². The quantitative estimate of drug-likeness (QED) is 0.599. The number of thiophene rings is 1. The highest BCUT2D eigenvalue weighted by molar-refractivity contribution is 7.20. The molecule has 0 spiro atoms. The van der Waals surface area contributed by atoms with Crippen LogP contribution >= 0.6 is 11.3 Å². The molecule has 0 saturated carbocycles. The standard InChI is InChI=1S/C10H13N3O3S/c1-10(2,3)16-9(14)6-4-5-7(11)12-13(15)8(5)17-6/h4,15H,1-3H3,(H2,11,12). The Morgan fingerprint density at radius 2 is 2.24 bits per heavy atom. The van der Waals surface area contributed by atoms with Crippen LogP contribution in [0.2, 0.25) is 0 Å². The summed E-state index contributed by atoms with van der Waals surface area (Å²) in [5, 5.41) is 13.6. The number of rotatable bonds is 1. The minimum absolute atomic E-state index is 0.188. The van der Waals surface area contributed by atoms with Crippen LogP contribution in [0.3, 0.4) is 0 Å². The van der Waals surface area contributed by atoms with E-state index in [1.807, 2.05) is 0 Å². The molecule has 0 aliphatic carbocycles. The van der Waals surface area contributed by atoms with Gasteiger partial charge in [-0.05, 0) is 26.8 Å². The smallest absolute Gasteiger partial charge is 0.348 e.